The summed E-state index contributed by atoms with van der Waals surface area (Å²) >= 11 is 4.35. The van der Waals surface area contributed by atoms with Gasteiger partial charge in [-0.3, -0.25) is 9.59 Å². The van der Waals surface area contributed by atoms with Crippen molar-refractivity contribution in [3.05, 3.63) is 22.8 Å². The van der Waals surface area contributed by atoms with E-state index in [0.29, 0.717) is 12.2 Å². The van der Waals surface area contributed by atoms with Crippen LogP contribution in [-0.2, 0) is 9.59 Å². The van der Waals surface area contributed by atoms with Gasteiger partial charge in [0.15, 0.2) is 0 Å². The van der Waals surface area contributed by atoms with Crippen molar-refractivity contribution in [2.24, 2.45) is 0 Å². The summed E-state index contributed by atoms with van der Waals surface area (Å²) in [5.74, 6) is -0.596. The molecule has 0 aliphatic carbocycles. The Hall–Kier alpha value is -1.08. The molecule has 1 aromatic heterocycles. The highest BCUT2D eigenvalue weighted by molar-refractivity contribution is 9.10. The second-order valence-corrected chi connectivity index (χ2v) is 5.56. The van der Waals surface area contributed by atoms with E-state index in [0.717, 1.165) is 16.2 Å². The number of hydrogen-bond donors (Lipinski definition) is 2. The molecule has 1 rings (SSSR count). The number of carboxylic acids is 1. The number of thioether (sulfide) groups is 1. The predicted octanol–water partition coefficient (Wildman–Crippen LogP) is 2.38. The van der Waals surface area contributed by atoms with E-state index in [4.69, 9.17) is 5.11 Å². The SMILES string of the molecule is CCC(SCC(=O)Nc1ccc(Br)cn1)C(=O)O. The normalized spacial score (nSPS) is 11.9. The molecule has 1 atom stereocenters. The molecule has 7 heteroatoms. The Balaban J connectivity index is 2.42. The smallest absolute Gasteiger partial charge is 0.316 e. The summed E-state index contributed by atoms with van der Waals surface area (Å²) in [4.78, 5) is 26.3. The van der Waals surface area contributed by atoms with Crippen molar-refractivity contribution in [1.29, 1.82) is 0 Å². The molecule has 5 nitrogen and oxygen atoms in total. The Morgan fingerprint density at radius 3 is 2.78 bits per heavy atom. The van der Waals surface area contributed by atoms with E-state index in [-0.39, 0.29) is 11.7 Å². The molecular formula is C11H13BrN2O3S. The highest BCUT2D eigenvalue weighted by atomic mass is 79.9. The molecule has 0 radical (unpaired) electrons. The minimum Gasteiger partial charge on any atom is -0.480 e. The Morgan fingerprint density at radius 2 is 2.28 bits per heavy atom. The maximum Gasteiger partial charge on any atom is 0.316 e. The first-order valence-electron chi connectivity index (χ1n) is 5.28. The average molecular weight is 333 g/mol. The molecule has 0 saturated carbocycles. The zero-order valence-corrected chi connectivity index (χ0v) is 12.1. The van der Waals surface area contributed by atoms with E-state index in [2.05, 4.69) is 26.2 Å². The number of carbonyl (C=O) groups excluding carboxylic acids is 1. The molecule has 1 amide bonds. The summed E-state index contributed by atoms with van der Waals surface area (Å²) < 4.78 is 0.826. The zero-order chi connectivity index (χ0) is 13.5. The van der Waals surface area contributed by atoms with Crippen LogP contribution in [0.1, 0.15) is 13.3 Å². The van der Waals surface area contributed by atoms with E-state index in [9.17, 15) is 9.59 Å². The van der Waals surface area contributed by atoms with Gasteiger partial charge in [-0.1, -0.05) is 6.92 Å². The highest BCUT2D eigenvalue weighted by Gasteiger charge is 2.17. The number of nitrogens with zero attached hydrogens (tertiary/aromatic N) is 1. The highest BCUT2D eigenvalue weighted by Crippen LogP contribution is 2.15. The fraction of sp³-hybridized carbons (Fsp3) is 0.364. The van der Waals surface area contributed by atoms with Gasteiger partial charge in [-0.2, -0.15) is 0 Å². The van der Waals surface area contributed by atoms with Crippen molar-refractivity contribution in [3.63, 3.8) is 0 Å². The molecule has 98 valence electrons. The van der Waals surface area contributed by atoms with Crippen LogP contribution in [0.2, 0.25) is 0 Å². The second kappa shape index (κ2) is 7.38. The molecule has 1 unspecified atom stereocenters. The molecule has 2 N–H and O–H groups in total. The fourth-order valence-corrected chi connectivity index (χ4v) is 2.21. The van der Waals surface area contributed by atoms with Gasteiger partial charge >= 0.3 is 5.97 Å². The van der Waals surface area contributed by atoms with Crippen molar-refractivity contribution in [3.8, 4) is 0 Å². The number of anilines is 1. The molecule has 1 heterocycles. The van der Waals surface area contributed by atoms with Crippen LogP contribution >= 0.6 is 27.7 Å². The van der Waals surface area contributed by atoms with E-state index in [1.165, 1.54) is 0 Å². The molecule has 0 aliphatic heterocycles. The van der Waals surface area contributed by atoms with Crippen molar-refractivity contribution in [1.82, 2.24) is 4.98 Å². The summed E-state index contributed by atoms with van der Waals surface area (Å²) in [6, 6.07) is 3.43. The monoisotopic (exact) mass is 332 g/mol. The van der Waals surface area contributed by atoms with E-state index >= 15 is 0 Å². The number of aromatic nitrogens is 1. The molecule has 0 saturated heterocycles. The first-order valence-corrected chi connectivity index (χ1v) is 7.13. The topological polar surface area (TPSA) is 79.3 Å². The van der Waals surface area contributed by atoms with Gasteiger partial charge in [0.25, 0.3) is 0 Å². The van der Waals surface area contributed by atoms with E-state index < -0.39 is 11.2 Å². The summed E-state index contributed by atoms with van der Waals surface area (Å²) in [5.41, 5.74) is 0. The van der Waals surface area contributed by atoms with E-state index in [1.54, 1.807) is 25.3 Å². The Kier molecular flexibility index (Phi) is 6.14. The maximum absolute atomic E-state index is 11.6. The second-order valence-electron chi connectivity index (χ2n) is 3.46. The van der Waals surface area contributed by atoms with Gasteiger partial charge in [-0.25, -0.2) is 4.98 Å². The summed E-state index contributed by atoms with van der Waals surface area (Å²) in [6.45, 7) is 1.78. The van der Waals surface area contributed by atoms with Gasteiger partial charge < -0.3 is 10.4 Å². The third kappa shape index (κ3) is 5.05. The number of nitrogens with one attached hydrogen (secondary N) is 1. The third-order valence-corrected chi connectivity index (χ3v) is 3.89. The number of carboxylic acid groups (broad SMARTS) is 1. The van der Waals surface area contributed by atoms with Gasteiger partial charge in [-0.15, -0.1) is 11.8 Å². The number of amides is 1. The predicted molar refractivity (Wildman–Crippen MR) is 74.7 cm³/mol. The quantitative estimate of drug-likeness (QED) is 0.836. The minimum atomic E-state index is -0.892. The lowest BCUT2D eigenvalue weighted by molar-refractivity contribution is -0.136. The lowest BCUT2D eigenvalue weighted by Gasteiger charge is -2.09. The van der Waals surface area contributed by atoms with Crippen molar-refractivity contribution < 1.29 is 14.7 Å². The lowest BCUT2D eigenvalue weighted by Crippen LogP contribution is -2.21. The van der Waals surface area contributed by atoms with Crippen molar-refractivity contribution >= 4 is 45.4 Å². The molecule has 0 spiro atoms. The summed E-state index contributed by atoms with van der Waals surface area (Å²) in [7, 11) is 0. The van der Waals surface area contributed by atoms with Crippen LogP contribution in [0.3, 0.4) is 0 Å². The van der Waals surface area contributed by atoms with Gasteiger partial charge in [0.05, 0.1) is 5.75 Å². The molecular weight excluding hydrogens is 320 g/mol. The van der Waals surface area contributed by atoms with Crippen molar-refractivity contribution in [2.45, 2.75) is 18.6 Å². The number of rotatable bonds is 6. The van der Waals surface area contributed by atoms with Crippen LogP contribution in [-0.4, -0.2) is 33.0 Å². The third-order valence-electron chi connectivity index (χ3n) is 2.06. The Morgan fingerprint density at radius 1 is 1.56 bits per heavy atom. The van der Waals surface area contributed by atoms with Crippen LogP contribution in [0, 0.1) is 0 Å². The maximum atomic E-state index is 11.6. The number of carbonyl (C=O) groups is 2. The zero-order valence-electron chi connectivity index (χ0n) is 9.72. The minimum absolute atomic E-state index is 0.0998. The van der Waals surface area contributed by atoms with Crippen molar-refractivity contribution in [2.75, 3.05) is 11.1 Å². The molecule has 0 bridgehead atoms. The van der Waals surface area contributed by atoms with Crippen LogP contribution in [0.15, 0.2) is 22.8 Å². The summed E-state index contributed by atoms with van der Waals surface area (Å²) in [6.07, 6.45) is 2.07. The molecule has 18 heavy (non-hydrogen) atoms. The van der Waals surface area contributed by atoms with Crippen LogP contribution in [0.25, 0.3) is 0 Å². The van der Waals surface area contributed by atoms with Gasteiger partial charge in [0.1, 0.15) is 11.1 Å². The molecule has 0 aromatic carbocycles. The first-order chi connectivity index (χ1) is 8.52. The molecule has 1 aromatic rings. The number of aliphatic carboxylic acids is 1. The Bertz CT molecular complexity index is 425. The standard InChI is InChI=1S/C11H13BrN2O3S/c1-2-8(11(16)17)18-6-10(15)14-9-4-3-7(12)5-13-9/h3-5,8H,2,6H2,1H3,(H,16,17)(H,13,14,15). The lowest BCUT2D eigenvalue weighted by atomic mass is 10.3. The average Bonchev–Trinajstić information content (AvgIpc) is 2.32. The number of halogens is 1. The van der Waals surface area contributed by atoms with Gasteiger partial charge in [0.2, 0.25) is 5.91 Å². The first kappa shape index (κ1) is 15.0. The summed E-state index contributed by atoms with van der Waals surface area (Å²) in [5, 5.41) is 10.9. The fourth-order valence-electron chi connectivity index (χ4n) is 1.17. The van der Waals surface area contributed by atoms with Gasteiger partial charge in [-0.05, 0) is 34.5 Å². The number of hydrogen-bond acceptors (Lipinski definition) is 4. The number of pyridine rings is 1. The molecule has 0 fully saturated rings. The van der Waals surface area contributed by atoms with E-state index in [1.807, 2.05) is 0 Å². The van der Waals surface area contributed by atoms with Crippen LogP contribution in [0.5, 0.6) is 0 Å². The van der Waals surface area contributed by atoms with Gasteiger partial charge in [0, 0.05) is 10.7 Å². The van der Waals surface area contributed by atoms with Crippen LogP contribution < -0.4 is 5.32 Å². The Labute approximate surface area is 117 Å². The van der Waals surface area contributed by atoms with Crippen LogP contribution in [0.4, 0.5) is 5.82 Å². The molecule has 0 aliphatic rings. The largest absolute Gasteiger partial charge is 0.480 e.